The molecule has 0 aliphatic heterocycles. The Morgan fingerprint density at radius 2 is 0.494 bits per heavy atom. The molecule has 6 nitrogen and oxygen atoms in total. The zero-order valence-corrected chi connectivity index (χ0v) is 52.4. The number of esters is 3. The fraction of sp³-hybridized carbons (Fsp3) is 0.767. The Labute approximate surface area is 490 Å². The molecule has 0 fully saturated rings. The van der Waals surface area contributed by atoms with E-state index in [1.807, 2.05) is 0 Å². The molecule has 79 heavy (non-hydrogen) atoms. The van der Waals surface area contributed by atoms with E-state index in [4.69, 9.17) is 14.2 Å². The Balaban J connectivity index is 4.07. The van der Waals surface area contributed by atoms with E-state index in [-0.39, 0.29) is 31.1 Å². The molecular formula is C73H128O6. The Morgan fingerprint density at radius 3 is 0.772 bits per heavy atom. The molecule has 6 heteroatoms. The van der Waals surface area contributed by atoms with Gasteiger partial charge in [0.2, 0.25) is 0 Å². The fourth-order valence-corrected chi connectivity index (χ4v) is 9.84. The molecule has 0 N–H and O–H groups in total. The number of ether oxygens (including phenoxy) is 3. The predicted molar refractivity (Wildman–Crippen MR) is 344 cm³/mol. The first-order chi connectivity index (χ1) is 39.0. The molecule has 0 aromatic heterocycles. The van der Waals surface area contributed by atoms with Crippen LogP contribution in [0.5, 0.6) is 0 Å². The molecule has 0 aromatic rings. The van der Waals surface area contributed by atoms with Gasteiger partial charge in [0.1, 0.15) is 13.2 Å². The lowest BCUT2D eigenvalue weighted by molar-refractivity contribution is -0.167. The van der Waals surface area contributed by atoms with Crippen LogP contribution in [0.4, 0.5) is 0 Å². The van der Waals surface area contributed by atoms with Crippen LogP contribution in [0.25, 0.3) is 0 Å². The third-order valence-electron chi connectivity index (χ3n) is 14.9. The molecule has 456 valence electrons. The number of hydrogen-bond acceptors (Lipinski definition) is 6. The van der Waals surface area contributed by atoms with Gasteiger partial charge in [-0.2, -0.15) is 0 Å². The van der Waals surface area contributed by atoms with Crippen LogP contribution in [0.3, 0.4) is 0 Å². The van der Waals surface area contributed by atoms with E-state index in [0.29, 0.717) is 19.3 Å². The molecule has 0 aliphatic carbocycles. The van der Waals surface area contributed by atoms with Crippen molar-refractivity contribution in [1.29, 1.82) is 0 Å². The quantitative estimate of drug-likeness (QED) is 0.0261. The molecule has 0 aliphatic rings. The Morgan fingerprint density at radius 1 is 0.266 bits per heavy atom. The summed E-state index contributed by atoms with van der Waals surface area (Å²) in [5.74, 6) is -0.883. The minimum absolute atomic E-state index is 0.0769. The van der Waals surface area contributed by atoms with Crippen molar-refractivity contribution in [2.45, 2.75) is 348 Å². The van der Waals surface area contributed by atoms with E-state index in [0.717, 1.165) is 109 Å². The number of hydrogen-bond donors (Lipinski definition) is 0. The number of unbranched alkanes of at least 4 members (excludes halogenated alkanes) is 37. The molecule has 0 saturated heterocycles. The molecule has 0 saturated carbocycles. The normalized spacial score (nSPS) is 12.6. The molecule has 0 bridgehead atoms. The van der Waals surface area contributed by atoms with Crippen LogP contribution in [0, 0.1) is 0 Å². The maximum absolute atomic E-state index is 12.9. The van der Waals surface area contributed by atoms with Gasteiger partial charge in [-0.1, -0.05) is 331 Å². The summed E-state index contributed by atoms with van der Waals surface area (Å²) in [5, 5.41) is 0. The summed E-state index contributed by atoms with van der Waals surface area (Å²) in [6.07, 6.45) is 89.3. The van der Waals surface area contributed by atoms with Gasteiger partial charge in [0.25, 0.3) is 0 Å². The van der Waals surface area contributed by atoms with Gasteiger partial charge in [-0.25, -0.2) is 0 Å². The van der Waals surface area contributed by atoms with Crippen molar-refractivity contribution in [2.75, 3.05) is 13.2 Å². The smallest absolute Gasteiger partial charge is 0.306 e. The van der Waals surface area contributed by atoms with Gasteiger partial charge in [-0.05, 0) is 77.0 Å². The zero-order valence-electron chi connectivity index (χ0n) is 52.4. The highest BCUT2D eigenvalue weighted by molar-refractivity contribution is 5.71. The van der Waals surface area contributed by atoms with E-state index >= 15 is 0 Å². The highest BCUT2D eigenvalue weighted by atomic mass is 16.6. The number of carbonyl (C=O) groups excluding carboxylic acids is 3. The molecule has 1 unspecified atom stereocenters. The summed E-state index contributed by atoms with van der Waals surface area (Å²) in [4.78, 5) is 38.1. The van der Waals surface area contributed by atoms with Crippen molar-refractivity contribution in [2.24, 2.45) is 0 Å². The summed E-state index contributed by atoms with van der Waals surface area (Å²) in [5.41, 5.74) is 0. The predicted octanol–water partition coefficient (Wildman–Crippen LogP) is 23.4. The van der Waals surface area contributed by atoms with Gasteiger partial charge in [0.15, 0.2) is 6.10 Å². The minimum Gasteiger partial charge on any atom is -0.462 e. The lowest BCUT2D eigenvalue weighted by Gasteiger charge is -2.18. The SMILES string of the molecule is CC/C=C\C/C=C\C/C=C\C/C=C\C/C=C\C/C=C\C/C=C\CCCCCCCCCC(=O)OCC(COC(=O)CCCCCCCC)OC(=O)CCCCCCCCCCCCCCCCCCCCCCCCCCCC. The standard InChI is InChI=1S/C73H128O6/c1-4-7-10-13-16-18-20-22-24-26-28-30-32-34-36-37-38-40-41-43-45-47-49-51-53-55-57-60-63-66-72(75)78-69-70(68-77-71(74)65-62-59-15-12-9-6-3)79-73(76)67-64-61-58-56-54-52-50-48-46-44-42-39-35-33-31-29-27-25-23-21-19-17-14-11-8-5-2/h7,10,16,18,22,24,28,30,34,36,38,40,43,45,70H,4-6,8-9,11-15,17,19-21,23,25-27,29,31-33,35,37,39,41-42,44,46-69H2,1-3H3/b10-7-,18-16-,24-22-,30-28-,36-34-,40-38-,45-43-. The summed E-state index contributed by atoms with van der Waals surface area (Å²) >= 11 is 0. The third-order valence-corrected chi connectivity index (χ3v) is 14.9. The van der Waals surface area contributed by atoms with Crippen molar-refractivity contribution in [1.82, 2.24) is 0 Å². The van der Waals surface area contributed by atoms with Crippen LogP contribution in [-0.4, -0.2) is 37.2 Å². The molecule has 0 radical (unpaired) electrons. The van der Waals surface area contributed by atoms with Crippen molar-refractivity contribution in [3.63, 3.8) is 0 Å². The monoisotopic (exact) mass is 1100 g/mol. The molecule has 0 spiro atoms. The van der Waals surface area contributed by atoms with Crippen LogP contribution < -0.4 is 0 Å². The second kappa shape index (κ2) is 67.1. The first-order valence-corrected chi connectivity index (χ1v) is 34.1. The van der Waals surface area contributed by atoms with E-state index in [1.54, 1.807) is 0 Å². The lowest BCUT2D eigenvalue weighted by Crippen LogP contribution is -2.30. The Hall–Kier alpha value is -3.41. The minimum atomic E-state index is -0.777. The molecule has 0 rings (SSSR count). The average molecular weight is 1100 g/mol. The number of allylic oxidation sites excluding steroid dienone is 14. The summed E-state index contributed by atoms with van der Waals surface area (Å²) < 4.78 is 16.8. The molecule has 1 atom stereocenters. The third kappa shape index (κ3) is 65.3. The topological polar surface area (TPSA) is 78.9 Å². The maximum atomic E-state index is 12.9. The molecular weight excluding hydrogens is 973 g/mol. The second-order valence-electron chi connectivity index (χ2n) is 22.7. The molecule has 0 aromatic carbocycles. The van der Waals surface area contributed by atoms with Crippen LogP contribution in [-0.2, 0) is 28.6 Å². The van der Waals surface area contributed by atoms with Gasteiger partial charge in [0, 0.05) is 19.3 Å². The zero-order chi connectivity index (χ0) is 57.1. The van der Waals surface area contributed by atoms with Crippen LogP contribution in [0.15, 0.2) is 85.1 Å². The Bertz CT molecular complexity index is 1500. The number of carbonyl (C=O) groups is 3. The average Bonchev–Trinajstić information content (AvgIpc) is 3.45. The number of rotatable bonds is 62. The summed E-state index contributed by atoms with van der Waals surface area (Å²) in [6, 6.07) is 0. The summed E-state index contributed by atoms with van der Waals surface area (Å²) in [7, 11) is 0. The largest absolute Gasteiger partial charge is 0.462 e. The van der Waals surface area contributed by atoms with E-state index in [1.165, 1.54) is 193 Å². The van der Waals surface area contributed by atoms with Crippen molar-refractivity contribution >= 4 is 17.9 Å². The van der Waals surface area contributed by atoms with Crippen LogP contribution >= 0.6 is 0 Å². The van der Waals surface area contributed by atoms with Crippen molar-refractivity contribution < 1.29 is 28.6 Å². The van der Waals surface area contributed by atoms with Gasteiger partial charge < -0.3 is 14.2 Å². The lowest BCUT2D eigenvalue weighted by atomic mass is 10.0. The van der Waals surface area contributed by atoms with E-state index in [2.05, 4.69) is 106 Å². The highest BCUT2D eigenvalue weighted by Crippen LogP contribution is 2.18. The van der Waals surface area contributed by atoms with Gasteiger partial charge >= 0.3 is 17.9 Å². The van der Waals surface area contributed by atoms with Gasteiger partial charge in [-0.3, -0.25) is 14.4 Å². The van der Waals surface area contributed by atoms with E-state index in [9.17, 15) is 14.4 Å². The first-order valence-electron chi connectivity index (χ1n) is 34.1. The van der Waals surface area contributed by atoms with Gasteiger partial charge in [-0.15, -0.1) is 0 Å². The fourth-order valence-electron chi connectivity index (χ4n) is 9.84. The molecule has 0 heterocycles. The van der Waals surface area contributed by atoms with Crippen LogP contribution in [0.1, 0.15) is 342 Å². The van der Waals surface area contributed by atoms with Crippen molar-refractivity contribution in [3.8, 4) is 0 Å². The second-order valence-corrected chi connectivity index (χ2v) is 22.7. The Kier molecular flexibility index (Phi) is 64.2. The highest BCUT2D eigenvalue weighted by Gasteiger charge is 2.19. The van der Waals surface area contributed by atoms with Crippen LogP contribution in [0.2, 0.25) is 0 Å². The maximum Gasteiger partial charge on any atom is 0.306 e. The van der Waals surface area contributed by atoms with Gasteiger partial charge in [0.05, 0.1) is 0 Å². The van der Waals surface area contributed by atoms with E-state index < -0.39 is 6.10 Å². The molecule has 0 amide bonds. The summed E-state index contributed by atoms with van der Waals surface area (Å²) in [6.45, 7) is 6.50. The first kappa shape index (κ1) is 75.6. The van der Waals surface area contributed by atoms with Crippen molar-refractivity contribution in [3.05, 3.63) is 85.1 Å².